The van der Waals surface area contributed by atoms with Crippen LogP contribution >= 0.6 is 0 Å². The van der Waals surface area contributed by atoms with Crippen LogP contribution in [0.15, 0.2) is 41.2 Å². The zero-order valence-electron chi connectivity index (χ0n) is 15.7. The van der Waals surface area contributed by atoms with Gasteiger partial charge in [-0.25, -0.2) is 0 Å². The molecule has 0 atom stereocenters. The number of carbonyl (C=O) groups excluding carboxylic acids is 1. The van der Waals surface area contributed by atoms with Gasteiger partial charge in [-0.3, -0.25) is 19.7 Å². The fraction of sp³-hybridized carbons (Fsp3) is 0.429. The Morgan fingerprint density at radius 2 is 1.86 bits per heavy atom. The van der Waals surface area contributed by atoms with Crippen LogP contribution in [0.25, 0.3) is 11.0 Å². The Hall–Kier alpha value is -2.80. The quantitative estimate of drug-likeness (QED) is 0.736. The fourth-order valence-electron chi connectivity index (χ4n) is 3.82. The Morgan fingerprint density at radius 1 is 1.07 bits per heavy atom. The Labute approximate surface area is 163 Å². The van der Waals surface area contributed by atoms with E-state index in [2.05, 4.69) is 37.5 Å². The maximum absolute atomic E-state index is 12.4. The first-order chi connectivity index (χ1) is 13.7. The zero-order chi connectivity index (χ0) is 18.9. The first-order valence-corrected chi connectivity index (χ1v) is 9.94. The second-order valence-electron chi connectivity index (χ2n) is 7.79. The van der Waals surface area contributed by atoms with Crippen molar-refractivity contribution >= 4 is 16.9 Å². The summed E-state index contributed by atoms with van der Waals surface area (Å²) in [7, 11) is 0. The summed E-state index contributed by atoms with van der Waals surface area (Å²) in [6.45, 7) is 2.80. The number of benzene rings is 1. The highest BCUT2D eigenvalue weighted by Gasteiger charge is 2.29. The number of nitrogens with zero attached hydrogens (tertiary/aromatic N) is 4. The molecule has 1 aromatic carbocycles. The Bertz CT molecular complexity index is 989. The summed E-state index contributed by atoms with van der Waals surface area (Å²) < 4.78 is 5.28. The van der Waals surface area contributed by atoms with Gasteiger partial charge < -0.3 is 9.84 Å². The van der Waals surface area contributed by atoms with E-state index >= 15 is 0 Å². The van der Waals surface area contributed by atoms with Crippen molar-refractivity contribution in [2.24, 2.45) is 0 Å². The van der Waals surface area contributed by atoms with Crippen LogP contribution in [-0.2, 0) is 6.54 Å². The van der Waals surface area contributed by atoms with E-state index in [1.54, 1.807) is 18.5 Å². The lowest BCUT2D eigenvalue weighted by molar-refractivity contribution is 0.0899. The Balaban J connectivity index is 1.14. The van der Waals surface area contributed by atoms with Gasteiger partial charge in [-0.05, 0) is 43.4 Å². The number of rotatable bonds is 5. The number of fused-ring (bicyclic) bond motifs is 1. The predicted octanol–water partition coefficient (Wildman–Crippen LogP) is 2.89. The molecule has 144 valence electrons. The molecule has 1 aliphatic carbocycles. The molecular weight excluding hydrogens is 354 g/mol. The molecule has 3 heterocycles. The SMILES string of the molecule is O=C(NC1CCN(Cc2ccc3nccnc3c2)CC1)c1cc(C2CC2)on1. The smallest absolute Gasteiger partial charge is 0.273 e. The minimum atomic E-state index is -0.123. The zero-order valence-corrected chi connectivity index (χ0v) is 15.7. The first kappa shape index (κ1) is 17.3. The second-order valence-corrected chi connectivity index (χ2v) is 7.79. The molecule has 2 aromatic heterocycles. The van der Waals surface area contributed by atoms with E-state index in [-0.39, 0.29) is 11.9 Å². The lowest BCUT2D eigenvalue weighted by atomic mass is 10.0. The monoisotopic (exact) mass is 377 g/mol. The number of hydrogen-bond donors (Lipinski definition) is 1. The molecule has 5 rings (SSSR count). The van der Waals surface area contributed by atoms with E-state index in [1.165, 1.54) is 5.56 Å². The van der Waals surface area contributed by atoms with Crippen molar-refractivity contribution in [1.29, 1.82) is 0 Å². The van der Waals surface area contributed by atoms with Crippen LogP contribution < -0.4 is 5.32 Å². The molecule has 3 aromatic rings. The molecule has 7 heteroatoms. The summed E-state index contributed by atoms with van der Waals surface area (Å²) in [6.07, 6.45) is 7.59. The van der Waals surface area contributed by atoms with E-state index in [0.29, 0.717) is 11.6 Å². The molecule has 1 N–H and O–H groups in total. The summed E-state index contributed by atoms with van der Waals surface area (Å²) in [5.41, 5.74) is 3.50. The molecule has 7 nitrogen and oxygen atoms in total. The molecule has 0 bridgehead atoms. The van der Waals surface area contributed by atoms with Crippen molar-refractivity contribution in [3.05, 3.63) is 53.7 Å². The molecule has 28 heavy (non-hydrogen) atoms. The Morgan fingerprint density at radius 3 is 2.64 bits per heavy atom. The number of amides is 1. The van der Waals surface area contributed by atoms with Crippen LogP contribution in [0.1, 0.15) is 53.4 Å². The number of aromatic nitrogens is 3. The van der Waals surface area contributed by atoms with Gasteiger partial charge >= 0.3 is 0 Å². The summed E-state index contributed by atoms with van der Waals surface area (Å²) in [6, 6.07) is 8.24. The molecule has 0 spiro atoms. The number of carbonyl (C=O) groups is 1. The minimum absolute atomic E-state index is 0.123. The Kier molecular flexibility index (Phi) is 4.52. The first-order valence-electron chi connectivity index (χ1n) is 9.94. The average molecular weight is 377 g/mol. The summed E-state index contributed by atoms with van der Waals surface area (Å²) >= 11 is 0. The van der Waals surface area contributed by atoms with Crippen molar-refractivity contribution in [1.82, 2.24) is 25.3 Å². The third-order valence-electron chi connectivity index (χ3n) is 5.60. The second kappa shape index (κ2) is 7.31. The van der Waals surface area contributed by atoms with Gasteiger partial charge in [0.05, 0.1) is 11.0 Å². The van der Waals surface area contributed by atoms with E-state index < -0.39 is 0 Å². The van der Waals surface area contributed by atoms with Crippen LogP contribution in [0.2, 0.25) is 0 Å². The summed E-state index contributed by atoms with van der Waals surface area (Å²) in [5.74, 6) is 1.20. The molecule has 0 radical (unpaired) electrons. The molecular formula is C21H23N5O2. The summed E-state index contributed by atoms with van der Waals surface area (Å²) in [5, 5.41) is 7.04. The van der Waals surface area contributed by atoms with Crippen LogP contribution in [-0.4, -0.2) is 45.1 Å². The van der Waals surface area contributed by atoms with Gasteiger partial charge in [0, 0.05) is 50.1 Å². The lowest BCUT2D eigenvalue weighted by Gasteiger charge is -2.32. The van der Waals surface area contributed by atoms with E-state index in [4.69, 9.17) is 4.52 Å². The van der Waals surface area contributed by atoms with Crippen LogP contribution in [0.3, 0.4) is 0 Å². The normalized spacial score (nSPS) is 18.4. The number of likely N-dealkylation sites (tertiary alicyclic amines) is 1. The van der Waals surface area contributed by atoms with E-state index in [0.717, 1.165) is 62.1 Å². The largest absolute Gasteiger partial charge is 0.360 e. The van der Waals surface area contributed by atoms with Gasteiger partial charge in [0.1, 0.15) is 5.76 Å². The van der Waals surface area contributed by atoms with E-state index in [9.17, 15) is 4.79 Å². The lowest BCUT2D eigenvalue weighted by Crippen LogP contribution is -2.44. The van der Waals surface area contributed by atoms with Gasteiger partial charge in [0.15, 0.2) is 5.69 Å². The highest BCUT2D eigenvalue weighted by Crippen LogP contribution is 2.40. The number of nitrogens with one attached hydrogen (secondary N) is 1. The number of piperidine rings is 1. The highest BCUT2D eigenvalue weighted by atomic mass is 16.5. The van der Waals surface area contributed by atoms with Crippen LogP contribution in [0.5, 0.6) is 0 Å². The fourth-order valence-corrected chi connectivity index (χ4v) is 3.82. The molecule has 1 aliphatic heterocycles. The van der Waals surface area contributed by atoms with Gasteiger partial charge in [-0.15, -0.1) is 0 Å². The highest BCUT2D eigenvalue weighted by molar-refractivity contribution is 5.92. The molecule has 2 aliphatic rings. The van der Waals surface area contributed by atoms with Gasteiger partial charge in [0.2, 0.25) is 0 Å². The van der Waals surface area contributed by atoms with Crippen molar-refractivity contribution in [2.45, 2.75) is 44.2 Å². The molecule has 1 saturated carbocycles. The summed E-state index contributed by atoms with van der Waals surface area (Å²) in [4.78, 5) is 23.5. The third-order valence-corrected chi connectivity index (χ3v) is 5.60. The van der Waals surface area contributed by atoms with Crippen molar-refractivity contribution in [3.8, 4) is 0 Å². The van der Waals surface area contributed by atoms with Gasteiger partial charge in [0.25, 0.3) is 5.91 Å². The topological polar surface area (TPSA) is 84.2 Å². The van der Waals surface area contributed by atoms with Gasteiger partial charge in [-0.2, -0.15) is 0 Å². The standard InChI is InChI=1S/C21H23N5O2/c27-21(19-12-20(28-25-19)15-2-3-15)24-16-5-9-26(10-6-16)13-14-1-4-17-18(11-14)23-8-7-22-17/h1,4,7-8,11-12,15-16H,2-3,5-6,9-10,13H2,(H,24,27). The van der Waals surface area contributed by atoms with Crippen molar-refractivity contribution < 1.29 is 9.32 Å². The number of hydrogen-bond acceptors (Lipinski definition) is 6. The molecule has 2 fully saturated rings. The maximum Gasteiger partial charge on any atom is 0.273 e. The molecule has 1 amide bonds. The predicted molar refractivity (Wildman–Crippen MR) is 104 cm³/mol. The van der Waals surface area contributed by atoms with Crippen LogP contribution in [0.4, 0.5) is 0 Å². The molecule has 0 unspecified atom stereocenters. The van der Waals surface area contributed by atoms with Gasteiger partial charge in [-0.1, -0.05) is 11.2 Å². The molecule has 1 saturated heterocycles. The third kappa shape index (κ3) is 3.75. The van der Waals surface area contributed by atoms with Crippen molar-refractivity contribution in [3.63, 3.8) is 0 Å². The minimum Gasteiger partial charge on any atom is -0.360 e. The maximum atomic E-state index is 12.4. The van der Waals surface area contributed by atoms with Crippen molar-refractivity contribution in [2.75, 3.05) is 13.1 Å². The van der Waals surface area contributed by atoms with Crippen LogP contribution in [0, 0.1) is 0 Å². The van der Waals surface area contributed by atoms with E-state index in [1.807, 2.05) is 6.07 Å². The average Bonchev–Trinajstić information content (AvgIpc) is 3.46.